The van der Waals surface area contributed by atoms with Crippen LogP contribution in [0.1, 0.15) is 16.1 Å². The fraction of sp³-hybridized carbons (Fsp3) is 0.0667. The summed E-state index contributed by atoms with van der Waals surface area (Å²) in [6.07, 6.45) is 5.13. The van der Waals surface area contributed by atoms with Crippen LogP contribution in [0.15, 0.2) is 47.5 Å². The predicted molar refractivity (Wildman–Crippen MR) is 83.8 cm³/mol. The van der Waals surface area contributed by atoms with Gasteiger partial charge in [0.1, 0.15) is 5.75 Å². The zero-order valence-corrected chi connectivity index (χ0v) is 13.1. The van der Waals surface area contributed by atoms with E-state index in [4.69, 9.17) is 11.6 Å². The van der Waals surface area contributed by atoms with Crippen molar-refractivity contribution in [2.75, 3.05) is 6.26 Å². The number of allylic oxidation sites excluding steroid dienone is 1. The van der Waals surface area contributed by atoms with E-state index in [1.54, 1.807) is 12.1 Å². The van der Waals surface area contributed by atoms with E-state index < -0.39 is 15.6 Å². The van der Waals surface area contributed by atoms with Crippen molar-refractivity contribution < 1.29 is 18.3 Å². The van der Waals surface area contributed by atoms with Crippen LogP contribution >= 0.6 is 11.6 Å². The minimum Gasteiger partial charge on any atom is -0.505 e. The molecule has 0 unspecified atom stereocenters. The average molecular weight is 338 g/mol. The number of carbonyl (C=O) groups excluding carboxylic acids is 1. The summed E-state index contributed by atoms with van der Waals surface area (Å²) in [7, 11) is -3.25. The topological polar surface area (TPSA) is 84.3 Å². The molecule has 22 heavy (non-hydrogen) atoms. The first-order chi connectivity index (χ1) is 10.3. The summed E-state index contributed by atoms with van der Waals surface area (Å²) in [5.74, 6) is -0.782. The van der Waals surface area contributed by atoms with Crippen LogP contribution in [0.2, 0.25) is 5.02 Å². The number of ketones is 1. The Morgan fingerprint density at radius 2 is 1.91 bits per heavy atom. The molecular formula is C15H12ClNO4S. The molecule has 0 fully saturated rings. The van der Waals surface area contributed by atoms with Crippen molar-refractivity contribution in [1.82, 2.24) is 4.98 Å². The molecule has 0 aliphatic carbocycles. The average Bonchev–Trinajstić information content (AvgIpc) is 2.44. The van der Waals surface area contributed by atoms with Gasteiger partial charge in [-0.2, -0.15) is 0 Å². The van der Waals surface area contributed by atoms with Crippen molar-refractivity contribution in [3.63, 3.8) is 0 Å². The molecule has 1 aromatic heterocycles. The van der Waals surface area contributed by atoms with Gasteiger partial charge >= 0.3 is 0 Å². The fourth-order valence-corrected chi connectivity index (χ4v) is 2.48. The highest BCUT2D eigenvalue weighted by atomic mass is 35.5. The quantitative estimate of drug-likeness (QED) is 0.685. The third kappa shape index (κ3) is 3.93. The highest BCUT2D eigenvalue weighted by Crippen LogP contribution is 2.20. The van der Waals surface area contributed by atoms with E-state index in [-0.39, 0.29) is 21.4 Å². The van der Waals surface area contributed by atoms with Gasteiger partial charge in [-0.1, -0.05) is 29.8 Å². The van der Waals surface area contributed by atoms with Gasteiger partial charge in [0, 0.05) is 18.5 Å². The Morgan fingerprint density at radius 1 is 1.27 bits per heavy atom. The summed E-state index contributed by atoms with van der Waals surface area (Å²) in [4.78, 5) is 15.9. The van der Waals surface area contributed by atoms with E-state index in [1.807, 2.05) is 0 Å². The summed E-state index contributed by atoms with van der Waals surface area (Å²) in [5.41, 5.74) is 0.544. The molecule has 0 amide bonds. The number of carbonyl (C=O) groups is 1. The van der Waals surface area contributed by atoms with E-state index in [0.29, 0.717) is 5.56 Å². The predicted octanol–water partition coefficient (Wildman–Crippen LogP) is 2.74. The summed E-state index contributed by atoms with van der Waals surface area (Å²) in [6.45, 7) is 0. The van der Waals surface area contributed by atoms with Gasteiger partial charge in [-0.05, 0) is 23.8 Å². The zero-order chi connectivity index (χ0) is 16.3. The second-order valence-electron chi connectivity index (χ2n) is 4.56. The van der Waals surface area contributed by atoms with Crippen molar-refractivity contribution in [2.24, 2.45) is 0 Å². The van der Waals surface area contributed by atoms with Crippen molar-refractivity contribution in [2.45, 2.75) is 4.90 Å². The van der Waals surface area contributed by atoms with Crippen LogP contribution in [0.3, 0.4) is 0 Å². The van der Waals surface area contributed by atoms with Crippen molar-refractivity contribution in [3.8, 4) is 5.75 Å². The number of nitrogens with zero attached hydrogens (tertiary/aromatic N) is 1. The van der Waals surface area contributed by atoms with Gasteiger partial charge in [0.15, 0.2) is 15.5 Å². The Morgan fingerprint density at radius 3 is 2.45 bits per heavy atom. The van der Waals surface area contributed by atoms with Crippen molar-refractivity contribution in [3.05, 3.63) is 58.9 Å². The Labute approximate surface area is 132 Å². The van der Waals surface area contributed by atoms with E-state index in [1.165, 1.54) is 36.5 Å². The minimum absolute atomic E-state index is 0.103. The molecule has 7 heteroatoms. The number of rotatable bonds is 4. The van der Waals surface area contributed by atoms with E-state index in [0.717, 1.165) is 6.26 Å². The number of aromatic hydroxyl groups is 1. The number of aromatic nitrogens is 1. The molecular weight excluding hydrogens is 326 g/mol. The molecule has 0 spiro atoms. The molecule has 2 rings (SSSR count). The minimum atomic E-state index is -3.25. The number of halogens is 1. The largest absolute Gasteiger partial charge is 0.505 e. The molecule has 0 saturated heterocycles. The van der Waals surface area contributed by atoms with E-state index in [2.05, 4.69) is 4.98 Å². The summed E-state index contributed by atoms with van der Waals surface area (Å²) in [6, 6.07) is 7.30. The number of sulfone groups is 1. The van der Waals surface area contributed by atoms with Gasteiger partial charge in [-0.15, -0.1) is 0 Å². The van der Waals surface area contributed by atoms with Gasteiger partial charge in [0.05, 0.1) is 9.92 Å². The second-order valence-corrected chi connectivity index (χ2v) is 7.01. The van der Waals surface area contributed by atoms with Gasteiger partial charge in [0.2, 0.25) is 5.78 Å². The van der Waals surface area contributed by atoms with Gasteiger partial charge in [-0.25, -0.2) is 13.4 Å². The van der Waals surface area contributed by atoms with Crippen LogP contribution in [-0.2, 0) is 9.84 Å². The molecule has 0 saturated carbocycles. The molecule has 1 aromatic carbocycles. The fourth-order valence-electron chi connectivity index (χ4n) is 1.70. The molecule has 1 heterocycles. The van der Waals surface area contributed by atoms with E-state index in [9.17, 15) is 18.3 Å². The molecule has 0 bridgehead atoms. The van der Waals surface area contributed by atoms with Crippen LogP contribution in [0, 0.1) is 0 Å². The zero-order valence-electron chi connectivity index (χ0n) is 11.5. The van der Waals surface area contributed by atoms with E-state index >= 15 is 0 Å². The summed E-state index contributed by atoms with van der Waals surface area (Å²) >= 11 is 5.65. The Kier molecular flexibility index (Phi) is 4.63. The first-order valence-corrected chi connectivity index (χ1v) is 8.41. The number of hydrogen-bond acceptors (Lipinski definition) is 5. The van der Waals surface area contributed by atoms with Gasteiger partial charge in [0.25, 0.3) is 0 Å². The summed E-state index contributed by atoms with van der Waals surface area (Å²) < 4.78 is 22.7. The summed E-state index contributed by atoms with van der Waals surface area (Å²) in [5, 5.41) is 9.85. The maximum absolute atomic E-state index is 11.9. The molecule has 0 atom stereocenters. The van der Waals surface area contributed by atoms with Gasteiger partial charge < -0.3 is 5.11 Å². The highest BCUT2D eigenvalue weighted by Gasteiger charge is 2.10. The molecule has 1 N–H and O–H groups in total. The Bertz CT molecular complexity index is 842. The first-order valence-electron chi connectivity index (χ1n) is 6.14. The third-order valence-electron chi connectivity index (χ3n) is 2.80. The van der Waals surface area contributed by atoms with Crippen LogP contribution in [0.4, 0.5) is 0 Å². The van der Waals surface area contributed by atoms with Crippen molar-refractivity contribution in [1.29, 1.82) is 0 Å². The van der Waals surface area contributed by atoms with Crippen LogP contribution in [0.5, 0.6) is 5.75 Å². The lowest BCUT2D eigenvalue weighted by molar-refractivity contribution is 0.104. The number of pyridine rings is 1. The molecule has 5 nitrogen and oxygen atoms in total. The Hall–Kier alpha value is -2.18. The molecule has 0 aliphatic rings. The third-order valence-corrected chi connectivity index (χ3v) is 4.14. The standard InChI is InChI=1S/C15H12ClNO4S/c1-22(20,21)12-5-2-10(3-6-12)4-7-13(18)15-14(19)8-11(16)9-17-15/h2-9,19H,1H3. The smallest absolute Gasteiger partial charge is 0.207 e. The maximum atomic E-state index is 11.9. The van der Waals surface area contributed by atoms with Crippen LogP contribution < -0.4 is 0 Å². The van der Waals surface area contributed by atoms with Crippen LogP contribution in [0.25, 0.3) is 6.08 Å². The number of hydrogen-bond donors (Lipinski definition) is 1. The molecule has 0 radical (unpaired) electrons. The lowest BCUT2D eigenvalue weighted by atomic mass is 10.1. The Balaban J connectivity index is 2.19. The second kappa shape index (κ2) is 6.29. The normalized spacial score (nSPS) is 11.7. The van der Waals surface area contributed by atoms with Crippen LogP contribution in [-0.4, -0.2) is 30.5 Å². The SMILES string of the molecule is CS(=O)(=O)c1ccc(C=CC(=O)c2ncc(Cl)cc2O)cc1. The molecule has 0 aliphatic heterocycles. The lowest BCUT2D eigenvalue weighted by Gasteiger charge is -2.00. The molecule has 114 valence electrons. The maximum Gasteiger partial charge on any atom is 0.207 e. The number of benzene rings is 1. The molecule has 2 aromatic rings. The first kappa shape index (κ1) is 16.2. The monoisotopic (exact) mass is 337 g/mol. The lowest BCUT2D eigenvalue weighted by Crippen LogP contribution is -1.98. The highest BCUT2D eigenvalue weighted by molar-refractivity contribution is 7.90. The van der Waals surface area contributed by atoms with Crippen molar-refractivity contribution >= 4 is 33.3 Å². The van der Waals surface area contributed by atoms with Gasteiger partial charge in [-0.3, -0.25) is 4.79 Å².